The van der Waals surface area contributed by atoms with Crippen molar-refractivity contribution in [2.75, 3.05) is 11.9 Å². The molecule has 2 saturated carbocycles. The van der Waals surface area contributed by atoms with Crippen molar-refractivity contribution < 1.29 is 9.53 Å². The molecule has 1 N–H and O–H groups in total. The Morgan fingerprint density at radius 1 is 0.806 bits per heavy atom. The fraction of sp³-hybridized carbons (Fsp3) is 0.778. The van der Waals surface area contributed by atoms with E-state index in [0.29, 0.717) is 5.92 Å². The average Bonchev–Trinajstić information content (AvgIpc) is 3.30. The number of aromatic nitrogens is 1. The predicted octanol–water partition coefficient (Wildman–Crippen LogP) is 7.31. The Morgan fingerprint density at radius 2 is 1.35 bits per heavy atom. The highest BCUT2D eigenvalue weighted by Crippen LogP contribution is 2.41. The van der Waals surface area contributed by atoms with Crippen molar-refractivity contribution in [2.45, 2.75) is 121 Å². The van der Waals surface area contributed by atoms with E-state index < -0.39 is 0 Å². The summed E-state index contributed by atoms with van der Waals surface area (Å²) in [7, 11) is 0. The number of rotatable bonds is 3. The van der Waals surface area contributed by atoms with Gasteiger partial charge in [-0.3, -0.25) is 4.79 Å². The third-order valence-electron chi connectivity index (χ3n) is 7.77. The van der Waals surface area contributed by atoms with Crippen LogP contribution in [0.25, 0.3) is 0 Å². The first kappa shape index (κ1) is 22.6. The molecule has 0 unspecified atom stereocenters. The van der Waals surface area contributed by atoms with Crippen molar-refractivity contribution in [3.05, 3.63) is 17.3 Å². The average molecular weight is 427 g/mol. The highest BCUT2D eigenvalue weighted by atomic mass is 16.5. The van der Waals surface area contributed by atoms with Crippen molar-refractivity contribution >= 4 is 11.6 Å². The van der Waals surface area contributed by atoms with Gasteiger partial charge >= 0.3 is 0 Å². The van der Waals surface area contributed by atoms with Gasteiger partial charge in [0.2, 0.25) is 11.8 Å². The third-order valence-corrected chi connectivity index (χ3v) is 7.77. The molecule has 0 aromatic carbocycles. The maximum atomic E-state index is 13.4. The lowest BCUT2D eigenvalue weighted by molar-refractivity contribution is -0.120. The lowest BCUT2D eigenvalue weighted by Gasteiger charge is -2.24. The number of carbonyl (C=O) groups excluding carboxylic acids is 1. The minimum atomic E-state index is 0.149. The molecule has 1 aromatic rings. The molecule has 4 nitrogen and oxygen atoms in total. The maximum Gasteiger partial charge on any atom is 0.227 e. The molecule has 2 aliphatic carbocycles. The normalized spacial score (nSPS) is 22.5. The summed E-state index contributed by atoms with van der Waals surface area (Å²) in [5.41, 5.74) is 3.61. The number of hydrogen-bond acceptors (Lipinski definition) is 3. The van der Waals surface area contributed by atoms with Crippen molar-refractivity contribution in [1.82, 2.24) is 4.98 Å². The number of pyridine rings is 1. The van der Waals surface area contributed by atoms with Crippen molar-refractivity contribution in [3.63, 3.8) is 0 Å². The molecular weight excluding hydrogens is 384 g/mol. The van der Waals surface area contributed by atoms with Gasteiger partial charge in [-0.25, -0.2) is 4.98 Å². The maximum absolute atomic E-state index is 13.4. The fourth-order valence-electron chi connectivity index (χ4n) is 5.96. The molecule has 0 spiro atoms. The van der Waals surface area contributed by atoms with Crippen LogP contribution in [0.2, 0.25) is 0 Å². The van der Waals surface area contributed by atoms with Crippen LogP contribution < -0.4 is 10.1 Å². The number of ether oxygens (including phenoxy) is 1. The first-order chi connectivity index (χ1) is 15.3. The summed E-state index contributed by atoms with van der Waals surface area (Å²) >= 11 is 0. The van der Waals surface area contributed by atoms with Gasteiger partial charge in [0.05, 0.1) is 18.5 Å². The van der Waals surface area contributed by atoms with Crippen LogP contribution in [0.3, 0.4) is 0 Å². The second kappa shape index (κ2) is 11.9. The molecule has 4 heteroatoms. The topological polar surface area (TPSA) is 51.2 Å². The molecule has 2 heterocycles. The second-order valence-corrected chi connectivity index (χ2v) is 10.1. The summed E-state index contributed by atoms with van der Waals surface area (Å²) in [5.74, 6) is 1.71. The summed E-state index contributed by atoms with van der Waals surface area (Å²) in [6.45, 7) is 0.724. The van der Waals surface area contributed by atoms with Gasteiger partial charge < -0.3 is 10.1 Å². The predicted molar refractivity (Wildman–Crippen MR) is 127 cm³/mol. The molecule has 0 radical (unpaired) electrons. The summed E-state index contributed by atoms with van der Waals surface area (Å²) < 4.78 is 5.82. The van der Waals surface area contributed by atoms with E-state index in [0.717, 1.165) is 37.4 Å². The lowest BCUT2D eigenvalue weighted by atomic mass is 9.85. The van der Waals surface area contributed by atoms with E-state index in [1.54, 1.807) is 0 Å². The SMILES string of the molecule is O=C(Nc1cnc2c(c1C1CCCCCCCC1)CCO2)C1CCCCCCCCC1. The molecule has 0 atom stereocenters. The van der Waals surface area contributed by atoms with Crippen molar-refractivity contribution in [1.29, 1.82) is 0 Å². The van der Waals surface area contributed by atoms with Gasteiger partial charge in [-0.2, -0.15) is 0 Å². The Labute approximate surface area is 188 Å². The van der Waals surface area contributed by atoms with Crippen LogP contribution in [0.5, 0.6) is 5.88 Å². The third kappa shape index (κ3) is 6.23. The molecule has 4 rings (SSSR count). The standard InChI is InChI=1S/C27H42N2O2/c30-26(22-16-12-8-2-1-3-9-13-17-22)29-24-20-28-27-23(18-19-31-27)25(24)21-14-10-6-4-5-7-11-15-21/h20-22H,1-19H2,(H,29,30). The number of fused-ring (bicyclic) bond motifs is 1. The number of amides is 1. The summed E-state index contributed by atoms with van der Waals surface area (Å²) in [4.78, 5) is 18.0. The van der Waals surface area contributed by atoms with E-state index in [9.17, 15) is 4.79 Å². The molecule has 1 aliphatic heterocycles. The zero-order chi connectivity index (χ0) is 21.3. The Morgan fingerprint density at radius 3 is 1.97 bits per heavy atom. The van der Waals surface area contributed by atoms with Gasteiger partial charge in [0, 0.05) is 17.9 Å². The molecule has 31 heavy (non-hydrogen) atoms. The lowest BCUT2D eigenvalue weighted by Crippen LogP contribution is -2.24. The number of carbonyl (C=O) groups is 1. The van der Waals surface area contributed by atoms with Crippen LogP contribution in [-0.2, 0) is 11.2 Å². The highest BCUT2D eigenvalue weighted by molar-refractivity contribution is 5.93. The Hall–Kier alpha value is -1.58. The van der Waals surface area contributed by atoms with E-state index in [1.807, 2.05) is 6.20 Å². The number of nitrogens with one attached hydrogen (secondary N) is 1. The molecular formula is C27H42N2O2. The summed E-state index contributed by atoms with van der Waals surface area (Å²) in [6, 6.07) is 0. The van der Waals surface area contributed by atoms with E-state index in [-0.39, 0.29) is 11.8 Å². The van der Waals surface area contributed by atoms with Crippen LogP contribution in [-0.4, -0.2) is 17.5 Å². The van der Waals surface area contributed by atoms with Crippen LogP contribution in [0.4, 0.5) is 5.69 Å². The van der Waals surface area contributed by atoms with Crippen LogP contribution in [0.15, 0.2) is 6.20 Å². The molecule has 2 fully saturated rings. The van der Waals surface area contributed by atoms with E-state index in [1.165, 1.54) is 107 Å². The van der Waals surface area contributed by atoms with E-state index in [4.69, 9.17) is 4.74 Å². The zero-order valence-electron chi connectivity index (χ0n) is 19.4. The van der Waals surface area contributed by atoms with E-state index in [2.05, 4.69) is 10.3 Å². The van der Waals surface area contributed by atoms with Gasteiger partial charge in [0.15, 0.2) is 0 Å². The minimum absolute atomic E-state index is 0.149. The molecule has 1 aromatic heterocycles. The number of nitrogens with zero attached hydrogens (tertiary/aromatic N) is 1. The van der Waals surface area contributed by atoms with Crippen LogP contribution in [0.1, 0.15) is 126 Å². The van der Waals surface area contributed by atoms with E-state index >= 15 is 0 Å². The van der Waals surface area contributed by atoms with Crippen LogP contribution >= 0.6 is 0 Å². The Kier molecular flexibility index (Phi) is 8.66. The van der Waals surface area contributed by atoms with Gasteiger partial charge in [0.25, 0.3) is 0 Å². The first-order valence-electron chi connectivity index (χ1n) is 13.3. The Balaban J connectivity index is 1.53. The molecule has 172 valence electrons. The minimum Gasteiger partial charge on any atom is -0.477 e. The molecule has 3 aliphatic rings. The van der Waals surface area contributed by atoms with Gasteiger partial charge in [0.1, 0.15) is 0 Å². The van der Waals surface area contributed by atoms with Crippen molar-refractivity contribution in [2.24, 2.45) is 5.92 Å². The largest absolute Gasteiger partial charge is 0.477 e. The van der Waals surface area contributed by atoms with Gasteiger partial charge in [-0.05, 0) is 37.2 Å². The van der Waals surface area contributed by atoms with Gasteiger partial charge in [-0.15, -0.1) is 0 Å². The molecule has 1 amide bonds. The number of anilines is 1. The molecule has 0 bridgehead atoms. The smallest absolute Gasteiger partial charge is 0.227 e. The van der Waals surface area contributed by atoms with Gasteiger partial charge in [-0.1, -0.05) is 83.5 Å². The first-order valence-corrected chi connectivity index (χ1v) is 13.3. The monoisotopic (exact) mass is 426 g/mol. The summed E-state index contributed by atoms with van der Waals surface area (Å²) in [6.07, 6.45) is 24.3. The number of hydrogen-bond donors (Lipinski definition) is 1. The van der Waals surface area contributed by atoms with Crippen LogP contribution in [0, 0.1) is 5.92 Å². The van der Waals surface area contributed by atoms with Crippen molar-refractivity contribution in [3.8, 4) is 5.88 Å². The zero-order valence-corrected chi connectivity index (χ0v) is 19.4. The second-order valence-electron chi connectivity index (χ2n) is 10.1. The highest BCUT2D eigenvalue weighted by Gasteiger charge is 2.28. The fourth-order valence-corrected chi connectivity index (χ4v) is 5.96. The molecule has 0 saturated heterocycles. The quantitative estimate of drug-likeness (QED) is 0.551. The summed E-state index contributed by atoms with van der Waals surface area (Å²) in [5, 5.41) is 3.39. The Bertz CT molecular complexity index is 697.